The van der Waals surface area contributed by atoms with Gasteiger partial charge in [-0.25, -0.2) is 9.18 Å². The predicted molar refractivity (Wildman–Crippen MR) is 159 cm³/mol. The van der Waals surface area contributed by atoms with Crippen molar-refractivity contribution in [3.8, 4) is 0 Å². The molecule has 0 spiro atoms. The van der Waals surface area contributed by atoms with E-state index >= 15 is 0 Å². The zero-order valence-corrected chi connectivity index (χ0v) is 24.9. The molecular weight excluding hydrogens is 579 g/mol. The van der Waals surface area contributed by atoms with Gasteiger partial charge in [-0.15, -0.1) is 11.3 Å². The van der Waals surface area contributed by atoms with Gasteiger partial charge in [0, 0.05) is 27.1 Å². The number of ketones is 1. The summed E-state index contributed by atoms with van der Waals surface area (Å²) in [5.41, 5.74) is 9.37. The fourth-order valence-electron chi connectivity index (χ4n) is 5.81. The van der Waals surface area contributed by atoms with Crippen molar-refractivity contribution < 1.29 is 28.2 Å². The third-order valence-corrected chi connectivity index (χ3v) is 9.08. The van der Waals surface area contributed by atoms with E-state index in [4.69, 9.17) is 26.8 Å². The summed E-state index contributed by atoms with van der Waals surface area (Å²) in [6, 6.07) is 14.6. The molecule has 0 saturated heterocycles. The Hall–Kier alpha value is -3.95. The highest BCUT2D eigenvalue weighted by atomic mass is 35.5. The number of nitrogens with zero attached hydrogens (tertiary/aromatic N) is 1. The molecule has 218 valence electrons. The smallest absolute Gasteiger partial charge is 0.338 e. The summed E-state index contributed by atoms with van der Waals surface area (Å²) >= 11 is 7.97. The van der Waals surface area contributed by atoms with Crippen LogP contribution >= 0.6 is 22.9 Å². The number of Topliss-reactive ketones (excluding diaryl/α,β-unsaturated/α-hetero) is 1. The number of hydrogen-bond acceptors (Lipinski definition) is 8. The van der Waals surface area contributed by atoms with E-state index in [1.165, 1.54) is 35.6 Å². The second-order valence-electron chi connectivity index (χ2n) is 10.0. The van der Waals surface area contributed by atoms with Crippen LogP contribution in [0.15, 0.2) is 82.6 Å². The van der Waals surface area contributed by atoms with E-state index in [2.05, 4.69) is 0 Å². The molecule has 10 heteroatoms. The highest BCUT2D eigenvalue weighted by Crippen LogP contribution is 2.52. The van der Waals surface area contributed by atoms with Crippen molar-refractivity contribution in [1.82, 2.24) is 0 Å². The van der Waals surface area contributed by atoms with E-state index in [0.29, 0.717) is 27.5 Å². The Morgan fingerprint density at radius 2 is 1.79 bits per heavy atom. The molecule has 1 aliphatic heterocycles. The highest BCUT2D eigenvalue weighted by Gasteiger charge is 2.51. The van der Waals surface area contributed by atoms with Crippen molar-refractivity contribution in [2.24, 2.45) is 11.7 Å². The summed E-state index contributed by atoms with van der Waals surface area (Å²) in [6.45, 7) is 5.34. The molecule has 0 bridgehead atoms. The fraction of sp³-hybridized carbons (Fsp3) is 0.281. The molecule has 2 aliphatic rings. The Kier molecular flexibility index (Phi) is 8.52. The van der Waals surface area contributed by atoms with Crippen LogP contribution in [-0.2, 0) is 23.9 Å². The molecule has 0 fully saturated rings. The summed E-state index contributed by atoms with van der Waals surface area (Å²) in [7, 11) is 0. The largest absolute Gasteiger partial charge is 0.465 e. The first-order valence-electron chi connectivity index (χ1n) is 13.6. The number of ether oxygens (including phenoxy) is 2. The third kappa shape index (κ3) is 5.12. The van der Waals surface area contributed by atoms with Gasteiger partial charge in [-0.2, -0.15) is 0 Å². The normalized spacial score (nSPS) is 20.5. The van der Waals surface area contributed by atoms with Crippen molar-refractivity contribution in [1.29, 1.82) is 0 Å². The molecule has 0 radical (unpaired) electrons. The van der Waals surface area contributed by atoms with Gasteiger partial charge in [-0.05, 0) is 74.0 Å². The monoisotopic (exact) mass is 608 g/mol. The van der Waals surface area contributed by atoms with E-state index < -0.39 is 41.3 Å². The lowest BCUT2D eigenvalue weighted by Gasteiger charge is -2.44. The quantitative estimate of drug-likeness (QED) is 0.246. The predicted octanol–water partition coefficient (Wildman–Crippen LogP) is 6.38. The van der Waals surface area contributed by atoms with Crippen molar-refractivity contribution in [2.75, 3.05) is 18.1 Å². The SMILES string of the molecule is CCOC(=O)C1=C(N)N(c2cccc(Cl)c2C)C2=C(C(=O)[C@@H](C(=O)OCC)[C@@H](c3cccs3)C2)[C@@H]1c1ccc(F)cc1. The number of allylic oxidation sites excluding steroid dienone is 2. The van der Waals surface area contributed by atoms with Crippen LogP contribution in [-0.4, -0.2) is 30.9 Å². The number of carbonyl (C=O) groups is 3. The highest BCUT2D eigenvalue weighted by molar-refractivity contribution is 7.10. The molecule has 3 atom stereocenters. The van der Waals surface area contributed by atoms with Crippen LogP contribution in [0.1, 0.15) is 48.1 Å². The lowest BCUT2D eigenvalue weighted by atomic mass is 9.68. The van der Waals surface area contributed by atoms with Gasteiger partial charge >= 0.3 is 11.9 Å². The van der Waals surface area contributed by atoms with E-state index in [-0.39, 0.29) is 36.6 Å². The topological polar surface area (TPSA) is 98.9 Å². The molecule has 3 aromatic rings. The number of carbonyl (C=O) groups excluding carboxylic acids is 3. The number of hydrogen-bond donors (Lipinski definition) is 1. The van der Waals surface area contributed by atoms with Gasteiger partial charge < -0.3 is 15.2 Å². The molecule has 2 heterocycles. The van der Waals surface area contributed by atoms with Crippen molar-refractivity contribution in [3.63, 3.8) is 0 Å². The summed E-state index contributed by atoms with van der Waals surface area (Å²) in [5.74, 6) is -4.97. The van der Waals surface area contributed by atoms with Gasteiger partial charge in [0.05, 0.1) is 30.4 Å². The first kappa shape index (κ1) is 29.5. The van der Waals surface area contributed by atoms with E-state index in [1.54, 1.807) is 30.9 Å². The average Bonchev–Trinajstić information content (AvgIpc) is 3.50. The van der Waals surface area contributed by atoms with E-state index in [9.17, 15) is 18.8 Å². The molecule has 5 rings (SSSR count). The average molecular weight is 609 g/mol. The Morgan fingerprint density at radius 1 is 1.07 bits per heavy atom. The maximum atomic E-state index is 14.7. The number of thiophene rings is 1. The summed E-state index contributed by atoms with van der Waals surface area (Å²) in [6.07, 6.45) is 0.242. The maximum Gasteiger partial charge on any atom is 0.338 e. The third-order valence-electron chi connectivity index (χ3n) is 7.67. The molecule has 0 saturated carbocycles. The van der Waals surface area contributed by atoms with Crippen molar-refractivity contribution in [3.05, 3.63) is 109 Å². The van der Waals surface area contributed by atoms with Gasteiger partial charge in [0.25, 0.3) is 0 Å². The van der Waals surface area contributed by atoms with Gasteiger partial charge in [-0.3, -0.25) is 14.5 Å². The molecule has 0 amide bonds. The fourth-order valence-corrected chi connectivity index (χ4v) is 6.85. The second kappa shape index (κ2) is 12.1. The molecule has 1 aliphatic carbocycles. The molecule has 1 aromatic heterocycles. The summed E-state index contributed by atoms with van der Waals surface area (Å²) < 4.78 is 24.9. The van der Waals surface area contributed by atoms with E-state index in [1.807, 2.05) is 30.5 Å². The molecule has 7 nitrogen and oxygen atoms in total. The van der Waals surface area contributed by atoms with Crippen molar-refractivity contribution >= 4 is 46.3 Å². The number of nitrogens with two attached hydrogens (primary N) is 1. The number of rotatable bonds is 7. The summed E-state index contributed by atoms with van der Waals surface area (Å²) in [5, 5.41) is 2.36. The van der Waals surface area contributed by atoms with Crippen LogP contribution in [0, 0.1) is 18.7 Å². The minimum absolute atomic E-state index is 0.0205. The van der Waals surface area contributed by atoms with Crippen LogP contribution in [0.4, 0.5) is 10.1 Å². The van der Waals surface area contributed by atoms with Crippen LogP contribution in [0.2, 0.25) is 5.02 Å². The molecule has 2 N–H and O–H groups in total. The summed E-state index contributed by atoms with van der Waals surface area (Å²) in [4.78, 5) is 44.3. The zero-order chi connectivity index (χ0) is 30.1. The van der Waals surface area contributed by atoms with Gasteiger partial charge in [0.2, 0.25) is 0 Å². The number of esters is 2. The first-order valence-corrected chi connectivity index (χ1v) is 14.9. The number of anilines is 1. The Morgan fingerprint density at radius 3 is 2.43 bits per heavy atom. The van der Waals surface area contributed by atoms with Gasteiger partial charge in [0.1, 0.15) is 17.6 Å². The van der Waals surface area contributed by atoms with Crippen LogP contribution in [0.3, 0.4) is 0 Å². The van der Waals surface area contributed by atoms with Crippen LogP contribution in [0.5, 0.6) is 0 Å². The number of halogens is 2. The minimum Gasteiger partial charge on any atom is -0.465 e. The van der Waals surface area contributed by atoms with Gasteiger partial charge in [0.15, 0.2) is 5.78 Å². The number of benzene rings is 2. The minimum atomic E-state index is -1.16. The lowest BCUT2D eigenvalue weighted by molar-refractivity contribution is -0.152. The molecule has 2 aromatic carbocycles. The van der Waals surface area contributed by atoms with E-state index in [0.717, 1.165) is 4.88 Å². The molecular formula is C32H30ClFN2O5S. The standard InChI is InChI=1S/C32H30ClFN2O5S/c1-4-40-31(38)26-20(24-10-7-15-42-24)16-23-27(29(26)37)25(18-11-13-19(34)14-12-18)28(32(39)41-5-2)30(35)36(23)22-9-6-8-21(33)17(22)3/h6-15,20,25-26H,4-5,16,35H2,1-3H3/t20-,25+,26+/m1/s1. The van der Waals surface area contributed by atoms with Gasteiger partial charge in [-0.1, -0.05) is 35.9 Å². The molecule has 42 heavy (non-hydrogen) atoms. The Balaban J connectivity index is 1.84. The zero-order valence-electron chi connectivity index (χ0n) is 23.4. The van der Waals surface area contributed by atoms with Crippen molar-refractivity contribution in [2.45, 2.75) is 39.0 Å². The lowest BCUT2D eigenvalue weighted by Crippen LogP contribution is -2.46. The second-order valence-corrected chi connectivity index (χ2v) is 11.4. The maximum absolute atomic E-state index is 14.7. The Bertz CT molecular complexity index is 1600. The first-order chi connectivity index (χ1) is 20.2. The Labute approximate surface area is 252 Å². The molecule has 0 unspecified atom stereocenters. The van der Waals surface area contributed by atoms with Crippen LogP contribution in [0.25, 0.3) is 0 Å². The van der Waals surface area contributed by atoms with Crippen LogP contribution < -0.4 is 10.6 Å².